The van der Waals surface area contributed by atoms with Crippen LogP contribution >= 0.6 is 0 Å². The molecule has 0 aromatic heterocycles. The molecule has 2 heteroatoms. The van der Waals surface area contributed by atoms with Crippen LogP contribution in [-0.4, -0.2) is 5.78 Å². The number of carbonyl (C=O) groups is 1. The Kier molecular flexibility index (Phi) is 24.4. The van der Waals surface area contributed by atoms with E-state index in [4.69, 9.17) is 0 Å². The van der Waals surface area contributed by atoms with Crippen molar-refractivity contribution in [3.63, 3.8) is 0 Å². The molecule has 0 aliphatic rings. The van der Waals surface area contributed by atoms with E-state index in [0.29, 0.717) is 0 Å². The van der Waals surface area contributed by atoms with E-state index in [1.54, 1.807) is 0 Å². The van der Waals surface area contributed by atoms with Gasteiger partial charge in [0.15, 0.2) is 0 Å². The molecule has 0 aromatic carbocycles. The molecule has 6 heavy (non-hydrogen) atoms. The van der Waals surface area contributed by atoms with Crippen molar-refractivity contribution in [2.24, 2.45) is 0 Å². The van der Waals surface area contributed by atoms with Crippen molar-refractivity contribution >= 4 is 5.78 Å². The molecule has 0 bridgehead atoms. The fourth-order valence-corrected chi connectivity index (χ4v) is 0. The van der Waals surface area contributed by atoms with Gasteiger partial charge in [0.05, 0.1) is 0 Å². The smallest absolute Gasteiger partial charge is 0.358 e. The third-order valence-corrected chi connectivity index (χ3v) is 0. The van der Waals surface area contributed by atoms with Crippen LogP contribution in [0.15, 0.2) is 0 Å². The number of hydrogen-bond acceptors (Lipinski definition) is 1. The Labute approximate surface area is 53.4 Å². The maximum atomic E-state index is 9.33. The quantitative estimate of drug-likeness (QED) is 0.587. The number of ketones is 1. The molecule has 0 atom stereocenters. The SMILES string of the molecule is [CH2-]C(C)=O.[CH3-].[W+2]. The predicted octanol–water partition coefficient (Wildman–Crippen LogP) is 0.857. The number of carbonyl (C=O) groups excluding carboxylic acids is 1. The van der Waals surface area contributed by atoms with Gasteiger partial charge < -0.3 is 19.1 Å². The molecule has 0 fully saturated rings. The van der Waals surface area contributed by atoms with Crippen molar-refractivity contribution in [1.82, 2.24) is 0 Å². The maximum absolute atomic E-state index is 9.33. The molecule has 36 valence electrons. The Morgan fingerprint density at radius 1 is 1.67 bits per heavy atom. The third kappa shape index (κ3) is 845. The van der Waals surface area contributed by atoms with Gasteiger partial charge in [0.1, 0.15) is 0 Å². The number of hydrogen-bond donors (Lipinski definition) is 0. The summed E-state index contributed by atoms with van der Waals surface area (Å²) in [6.45, 7) is 4.42. The number of rotatable bonds is 0. The molecule has 0 N–H and O–H groups in total. The summed E-state index contributed by atoms with van der Waals surface area (Å²) in [5.74, 6) is -0.0833. The topological polar surface area (TPSA) is 17.1 Å². The predicted molar refractivity (Wildman–Crippen MR) is 22.5 cm³/mol. The van der Waals surface area contributed by atoms with E-state index in [1.165, 1.54) is 6.92 Å². The summed E-state index contributed by atoms with van der Waals surface area (Å²) in [6, 6.07) is 0. The Bertz CT molecular complexity index is 30.5. The average Bonchev–Trinajstić information content (AvgIpc) is 0.811. The van der Waals surface area contributed by atoms with Crippen LogP contribution in [0, 0.1) is 14.4 Å². The van der Waals surface area contributed by atoms with Crippen LogP contribution < -0.4 is 0 Å². The monoisotopic (exact) mass is 256 g/mol. The molecule has 0 saturated carbocycles. The van der Waals surface area contributed by atoms with Crippen LogP contribution in [0.25, 0.3) is 0 Å². The molecule has 0 spiro atoms. The van der Waals surface area contributed by atoms with Gasteiger partial charge in [0.25, 0.3) is 0 Å². The van der Waals surface area contributed by atoms with Gasteiger partial charge in [-0.2, -0.15) is 0 Å². The fourth-order valence-electron chi connectivity index (χ4n) is 0. The molecule has 0 rings (SSSR count). The largest absolute Gasteiger partial charge is 2.00 e. The Morgan fingerprint density at radius 2 is 1.67 bits per heavy atom. The van der Waals surface area contributed by atoms with Crippen molar-refractivity contribution in [2.45, 2.75) is 6.92 Å². The van der Waals surface area contributed by atoms with E-state index in [2.05, 4.69) is 6.92 Å². The van der Waals surface area contributed by atoms with Crippen LogP contribution in [0.4, 0.5) is 0 Å². The van der Waals surface area contributed by atoms with Gasteiger partial charge in [-0.25, -0.2) is 0 Å². The molecule has 0 amide bonds. The molecule has 0 unspecified atom stereocenters. The van der Waals surface area contributed by atoms with Crippen LogP contribution in [-0.2, 0) is 25.9 Å². The van der Waals surface area contributed by atoms with Crippen LogP contribution in [0.1, 0.15) is 6.92 Å². The first kappa shape index (κ1) is 16.3. The van der Waals surface area contributed by atoms with E-state index in [-0.39, 0.29) is 34.3 Å². The minimum Gasteiger partial charge on any atom is -0.358 e. The van der Waals surface area contributed by atoms with Crippen molar-refractivity contribution in [3.05, 3.63) is 14.4 Å². The molecular weight excluding hydrogens is 248 g/mol. The van der Waals surface area contributed by atoms with Crippen molar-refractivity contribution in [3.8, 4) is 0 Å². The molecule has 0 aliphatic heterocycles. The Morgan fingerprint density at radius 3 is 1.67 bits per heavy atom. The molecule has 0 radical (unpaired) electrons. The van der Waals surface area contributed by atoms with Crippen LogP contribution in [0.3, 0.4) is 0 Å². The molecule has 0 heterocycles. The summed E-state index contributed by atoms with van der Waals surface area (Å²) in [7, 11) is 0. The normalized spacial score (nSPS) is 4.17. The molecule has 0 aromatic rings. The zero-order chi connectivity index (χ0) is 3.58. The van der Waals surface area contributed by atoms with Gasteiger partial charge in [-0.3, -0.25) is 0 Å². The summed E-state index contributed by atoms with van der Waals surface area (Å²) in [6.07, 6.45) is 0. The summed E-state index contributed by atoms with van der Waals surface area (Å²) < 4.78 is 0. The molecule has 0 aliphatic carbocycles. The Hall–Kier alpha value is 0.228. The summed E-state index contributed by atoms with van der Waals surface area (Å²) in [5.41, 5.74) is 0. The first-order valence-electron chi connectivity index (χ1n) is 1.06. The van der Waals surface area contributed by atoms with Crippen molar-refractivity contribution < 1.29 is 25.9 Å². The molecular formula is C4H8OW. The van der Waals surface area contributed by atoms with E-state index in [0.717, 1.165) is 0 Å². The second kappa shape index (κ2) is 8.97. The zero-order valence-corrected chi connectivity index (χ0v) is 6.96. The van der Waals surface area contributed by atoms with Gasteiger partial charge in [0.2, 0.25) is 0 Å². The van der Waals surface area contributed by atoms with Gasteiger partial charge in [-0.1, -0.05) is 0 Å². The fraction of sp³-hybridized carbons (Fsp3) is 0.250. The first-order chi connectivity index (χ1) is 1.73. The summed E-state index contributed by atoms with van der Waals surface area (Å²) in [4.78, 5) is 9.33. The summed E-state index contributed by atoms with van der Waals surface area (Å²) >= 11 is 0. The third-order valence-electron chi connectivity index (χ3n) is 0. The second-order valence-electron chi connectivity index (χ2n) is 0.702. The van der Waals surface area contributed by atoms with Gasteiger partial charge in [-0.05, 0) is 12.7 Å². The maximum Gasteiger partial charge on any atom is 2.00 e. The number of Topliss-reactive ketones (excluding diaryl/α,β-unsaturated/α-hetero) is 1. The zero-order valence-electron chi connectivity index (χ0n) is 4.02. The standard InChI is InChI=1S/C3H5O.CH3.W/c1-3(2)4;;/h1H2,2H3;1H3;/q2*-1;+2. The van der Waals surface area contributed by atoms with Gasteiger partial charge in [-0.15, -0.1) is 0 Å². The first-order valence-corrected chi connectivity index (χ1v) is 1.06. The van der Waals surface area contributed by atoms with Crippen molar-refractivity contribution in [2.75, 3.05) is 0 Å². The van der Waals surface area contributed by atoms with E-state index in [9.17, 15) is 4.79 Å². The van der Waals surface area contributed by atoms with Gasteiger partial charge >= 0.3 is 21.1 Å². The van der Waals surface area contributed by atoms with E-state index in [1.807, 2.05) is 0 Å². The average molecular weight is 256 g/mol. The van der Waals surface area contributed by atoms with Crippen molar-refractivity contribution in [1.29, 1.82) is 0 Å². The van der Waals surface area contributed by atoms with E-state index >= 15 is 0 Å². The Balaban J connectivity index is -0.0000000450. The molecule has 0 saturated heterocycles. The van der Waals surface area contributed by atoms with Crippen LogP contribution in [0.5, 0.6) is 0 Å². The van der Waals surface area contributed by atoms with Gasteiger partial charge in [0, 0.05) is 0 Å². The second-order valence-corrected chi connectivity index (χ2v) is 0.702. The minimum absolute atomic E-state index is 0. The minimum atomic E-state index is -0.0833. The summed E-state index contributed by atoms with van der Waals surface area (Å²) in [5, 5.41) is 0. The molecule has 1 nitrogen and oxygen atoms in total. The van der Waals surface area contributed by atoms with E-state index < -0.39 is 0 Å². The van der Waals surface area contributed by atoms with Crippen LogP contribution in [0.2, 0.25) is 0 Å².